The Hall–Kier alpha value is -3.58. The maximum Gasteiger partial charge on any atom is 0.269 e. The van der Waals surface area contributed by atoms with Crippen LogP contribution in [0.1, 0.15) is 11.4 Å². The number of nitrogens with zero attached hydrogens (tertiary/aromatic N) is 3. The van der Waals surface area contributed by atoms with E-state index < -0.39 is 25.0 Å². The molecular weight excluding hydrogens is 446 g/mol. The van der Waals surface area contributed by atoms with E-state index in [2.05, 4.69) is 19.4 Å². The normalized spacial score (nSPS) is 11.7. The van der Waals surface area contributed by atoms with Gasteiger partial charge in [0, 0.05) is 29.2 Å². The number of rotatable bonds is 7. The molecule has 0 amide bonds. The van der Waals surface area contributed by atoms with Crippen LogP contribution in [0.25, 0.3) is 0 Å². The van der Waals surface area contributed by atoms with Gasteiger partial charge in [0.1, 0.15) is 0 Å². The summed E-state index contributed by atoms with van der Waals surface area (Å²) in [4.78, 5) is 17.8. The SMILES string of the molecule is Cc1cc(C)nc(NS(=O)(=O)c2ccc(NS(=O)(=O)c3ccc([N+](=O)[O-])cc3)cc2)n1. The third kappa shape index (κ3) is 5.32. The molecule has 11 nitrogen and oxygen atoms in total. The lowest BCUT2D eigenvalue weighted by atomic mass is 10.3. The van der Waals surface area contributed by atoms with Gasteiger partial charge in [-0.2, -0.15) is 0 Å². The zero-order chi connectivity index (χ0) is 22.8. The Labute approximate surface area is 178 Å². The Morgan fingerprint density at radius 2 is 1.23 bits per heavy atom. The van der Waals surface area contributed by atoms with Gasteiger partial charge < -0.3 is 0 Å². The summed E-state index contributed by atoms with van der Waals surface area (Å²) in [7, 11) is -8.01. The van der Waals surface area contributed by atoms with Gasteiger partial charge in [0.15, 0.2) is 0 Å². The van der Waals surface area contributed by atoms with E-state index in [0.717, 1.165) is 24.3 Å². The molecule has 1 aromatic heterocycles. The van der Waals surface area contributed by atoms with E-state index in [9.17, 15) is 26.9 Å². The third-order valence-electron chi connectivity index (χ3n) is 3.98. The first-order valence-corrected chi connectivity index (χ1v) is 11.7. The number of sulfonamides is 2. The van der Waals surface area contributed by atoms with Gasteiger partial charge in [0.2, 0.25) is 5.95 Å². The first kappa shape index (κ1) is 22.1. The summed E-state index contributed by atoms with van der Waals surface area (Å²) in [5, 5.41) is 10.7. The second-order valence-corrected chi connectivity index (χ2v) is 9.83. The van der Waals surface area contributed by atoms with Crippen molar-refractivity contribution in [2.75, 3.05) is 9.44 Å². The Balaban J connectivity index is 1.78. The highest BCUT2D eigenvalue weighted by atomic mass is 32.2. The zero-order valence-corrected chi connectivity index (χ0v) is 17.9. The minimum Gasteiger partial charge on any atom is -0.280 e. The number of aromatic nitrogens is 2. The van der Waals surface area contributed by atoms with E-state index in [1.807, 2.05) is 0 Å². The van der Waals surface area contributed by atoms with E-state index in [4.69, 9.17) is 0 Å². The van der Waals surface area contributed by atoms with Crippen molar-refractivity contribution in [3.63, 3.8) is 0 Å². The minimum absolute atomic E-state index is 0.0690. The lowest BCUT2D eigenvalue weighted by Gasteiger charge is -2.10. The van der Waals surface area contributed by atoms with Crippen LogP contribution in [-0.2, 0) is 20.0 Å². The first-order valence-electron chi connectivity index (χ1n) is 8.69. The number of nitrogens with one attached hydrogen (secondary N) is 2. The van der Waals surface area contributed by atoms with E-state index in [-0.39, 0.29) is 27.1 Å². The maximum absolute atomic E-state index is 12.5. The Morgan fingerprint density at radius 1 is 0.774 bits per heavy atom. The highest BCUT2D eigenvalue weighted by Crippen LogP contribution is 2.21. The molecule has 0 atom stereocenters. The quantitative estimate of drug-likeness (QED) is 0.399. The van der Waals surface area contributed by atoms with E-state index in [1.165, 1.54) is 24.3 Å². The molecular formula is C18H17N5O6S2. The third-order valence-corrected chi connectivity index (χ3v) is 6.72. The fourth-order valence-electron chi connectivity index (χ4n) is 2.61. The number of benzene rings is 2. The molecule has 0 saturated heterocycles. The Kier molecular flexibility index (Phi) is 5.90. The average Bonchev–Trinajstić information content (AvgIpc) is 2.67. The average molecular weight is 463 g/mol. The molecule has 0 unspecified atom stereocenters. The molecule has 0 aliphatic carbocycles. The van der Waals surface area contributed by atoms with Gasteiger partial charge in [-0.3, -0.25) is 14.8 Å². The second kappa shape index (κ2) is 8.28. The summed E-state index contributed by atoms with van der Waals surface area (Å²) in [6, 6.07) is 11.1. The van der Waals surface area contributed by atoms with Crippen molar-refractivity contribution in [3.8, 4) is 0 Å². The molecule has 0 aliphatic rings. The molecule has 1 heterocycles. The Morgan fingerprint density at radius 3 is 1.71 bits per heavy atom. The van der Waals surface area contributed by atoms with Crippen LogP contribution >= 0.6 is 0 Å². The van der Waals surface area contributed by atoms with Crippen LogP contribution in [0.4, 0.5) is 17.3 Å². The molecule has 0 saturated carbocycles. The van der Waals surface area contributed by atoms with E-state index in [0.29, 0.717) is 11.4 Å². The summed E-state index contributed by atoms with van der Waals surface area (Å²) >= 11 is 0. The molecule has 0 bridgehead atoms. The number of aryl methyl sites for hydroxylation is 2. The maximum atomic E-state index is 12.5. The van der Waals surface area contributed by atoms with Crippen molar-refractivity contribution in [1.82, 2.24) is 9.97 Å². The predicted molar refractivity (Wildman–Crippen MR) is 113 cm³/mol. The number of nitro groups is 1. The smallest absolute Gasteiger partial charge is 0.269 e. The molecule has 0 radical (unpaired) electrons. The van der Waals surface area contributed by atoms with Crippen LogP contribution in [0.2, 0.25) is 0 Å². The lowest BCUT2D eigenvalue weighted by molar-refractivity contribution is -0.384. The number of anilines is 2. The van der Waals surface area contributed by atoms with Crippen molar-refractivity contribution in [1.29, 1.82) is 0 Å². The molecule has 2 aromatic carbocycles. The number of hydrogen-bond donors (Lipinski definition) is 2. The summed E-state index contributed by atoms with van der Waals surface area (Å²) in [5.74, 6) is -0.0690. The minimum atomic E-state index is -4.02. The van der Waals surface area contributed by atoms with Crippen LogP contribution in [0.5, 0.6) is 0 Å². The van der Waals surface area contributed by atoms with E-state index >= 15 is 0 Å². The van der Waals surface area contributed by atoms with Crippen LogP contribution in [0, 0.1) is 24.0 Å². The molecule has 0 fully saturated rings. The van der Waals surface area contributed by atoms with Crippen LogP contribution in [0.3, 0.4) is 0 Å². The number of nitro benzene ring substituents is 1. The van der Waals surface area contributed by atoms with Crippen molar-refractivity contribution >= 4 is 37.4 Å². The van der Waals surface area contributed by atoms with E-state index in [1.54, 1.807) is 19.9 Å². The highest BCUT2D eigenvalue weighted by Gasteiger charge is 2.19. The van der Waals surface area contributed by atoms with Gasteiger partial charge in [-0.15, -0.1) is 0 Å². The summed E-state index contributed by atoms with van der Waals surface area (Å²) in [6.07, 6.45) is 0. The fraction of sp³-hybridized carbons (Fsp3) is 0.111. The van der Waals surface area contributed by atoms with Gasteiger partial charge in [0.05, 0.1) is 14.7 Å². The monoisotopic (exact) mass is 463 g/mol. The zero-order valence-electron chi connectivity index (χ0n) is 16.3. The summed E-state index contributed by atoms with van der Waals surface area (Å²) in [6.45, 7) is 3.41. The molecule has 31 heavy (non-hydrogen) atoms. The van der Waals surface area contributed by atoms with Gasteiger partial charge >= 0.3 is 0 Å². The van der Waals surface area contributed by atoms with Crippen molar-refractivity contribution in [3.05, 3.63) is 76.1 Å². The van der Waals surface area contributed by atoms with Crippen molar-refractivity contribution < 1.29 is 21.8 Å². The summed E-state index contributed by atoms with van der Waals surface area (Å²) < 4.78 is 54.5. The van der Waals surface area contributed by atoms with Gasteiger partial charge in [-0.05, 0) is 56.3 Å². The first-order chi connectivity index (χ1) is 14.5. The molecule has 0 aliphatic heterocycles. The van der Waals surface area contributed by atoms with Gasteiger partial charge in [0.25, 0.3) is 25.7 Å². The van der Waals surface area contributed by atoms with Crippen LogP contribution < -0.4 is 9.44 Å². The highest BCUT2D eigenvalue weighted by molar-refractivity contribution is 7.93. The fourth-order valence-corrected chi connectivity index (χ4v) is 4.62. The second-order valence-electron chi connectivity index (χ2n) is 6.46. The molecule has 0 spiro atoms. The van der Waals surface area contributed by atoms with Gasteiger partial charge in [-0.25, -0.2) is 31.5 Å². The molecule has 13 heteroatoms. The molecule has 162 valence electrons. The topological polar surface area (TPSA) is 161 Å². The number of hydrogen-bond acceptors (Lipinski definition) is 8. The molecule has 3 rings (SSSR count). The van der Waals surface area contributed by atoms with Crippen LogP contribution in [-0.4, -0.2) is 31.7 Å². The summed E-state index contributed by atoms with van der Waals surface area (Å²) in [5.41, 5.74) is 1.07. The largest absolute Gasteiger partial charge is 0.280 e. The van der Waals surface area contributed by atoms with Crippen LogP contribution in [0.15, 0.2) is 64.4 Å². The predicted octanol–water partition coefficient (Wildman–Crippen LogP) is 2.60. The molecule has 3 aromatic rings. The van der Waals surface area contributed by atoms with Crippen molar-refractivity contribution in [2.24, 2.45) is 0 Å². The Bertz CT molecular complexity index is 1320. The van der Waals surface area contributed by atoms with Gasteiger partial charge in [-0.1, -0.05) is 0 Å². The standard InChI is InChI=1S/C18H17N5O6S2/c1-12-11-13(2)20-18(19-12)22-31(28,29)16-7-3-14(4-8-16)21-30(26,27)17-9-5-15(6-10-17)23(24)25/h3-11,21H,1-2H3,(H,19,20,22). The number of non-ortho nitro benzene ring substituents is 1. The lowest BCUT2D eigenvalue weighted by Crippen LogP contribution is -2.16. The molecule has 2 N–H and O–H groups in total. The van der Waals surface area contributed by atoms with Crippen molar-refractivity contribution in [2.45, 2.75) is 23.6 Å².